The molecule has 0 atom stereocenters. The Balaban J connectivity index is 1.67. The number of rotatable bonds is 4. The predicted octanol–water partition coefficient (Wildman–Crippen LogP) is 1.87. The minimum atomic E-state index is -3.96. The average Bonchev–Trinajstić information content (AvgIpc) is 2.56. The van der Waals surface area contributed by atoms with E-state index in [2.05, 4.69) is 9.88 Å². The molecule has 2 heterocycles. The second kappa shape index (κ2) is 6.92. The van der Waals surface area contributed by atoms with Crippen molar-refractivity contribution < 1.29 is 17.2 Å². The van der Waals surface area contributed by atoms with Crippen LogP contribution >= 0.6 is 0 Å². The summed E-state index contributed by atoms with van der Waals surface area (Å²) in [6.07, 6.45) is 1.72. The van der Waals surface area contributed by atoms with Crippen LogP contribution in [-0.4, -0.2) is 48.8 Å². The fourth-order valence-corrected chi connectivity index (χ4v) is 4.14. The summed E-state index contributed by atoms with van der Waals surface area (Å²) in [6.45, 7) is 2.20. The Hall–Kier alpha value is -1.90. The van der Waals surface area contributed by atoms with Crippen molar-refractivity contribution in [3.63, 3.8) is 0 Å². The van der Waals surface area contributed by atoms with Crippen molar-refractivity contribution in [3.05, 3.63) is 59.9 Å². The average molecular weight is 353 g/mol. The van der Waals surface area contributed by atoms with Crippen LogP contribution in [0.15, 0.2) is 47.5 Å². The van der Waals surface area contributed by atoms with E-state index in [1.807, 2.05) is 18.2 Å². The number of aromatic nitrogens is 1. The minimum Gasteiger partial charge on any atom is -0.295 e. The molecule has 1 aromatic carbocycles. The third-order valence-electron chi connectivity index (χ3n) is 3.95. The first kappa shape index (κ1) is 16.9. The first-order valence-corrected chi connectivity index (χ1v) is 8.98. The molecular weight excluding hydrogens is 336 g/mol. The second-order valence-electron chi connectivity index (χ2n) is 5.58. The molecule has 0 spiro atoms. The smallest absolute Gasteiger partial charge is 0.246 e. The summed E-state index contributed by atoms with van der Waals surface area (Å²) < 4.78 is 53.0. The fourth-order valence-electron chi connectivity index (χ4n) is 2.67. The van der Waals surface area contributed by atoms with Gasteiger partial charge < -0.3 is 0 Å². The van der Waals surface area contributed by atoms with Gasteiger partial charge in [0.2, 0.25) is 10.0 Å². The lowest BCUT2D eigenvalue weighted by Crippen LogP contribution is -2.48. The van der Waals surface area contributed by atoms with Crippen LogP contribution in [0.25, 0.3) is 0 Å². The molecule has 0 radical (unpaired) electrons. The van der Waals surface area contributed by atoms with Crippen LogP contribution in [0.3, 0.4) is 0 Å². The van der Waals surface area contributed by atoms with E-state index in [1.54, 1.807) is 6.20 Å². The molecule has 1 fully saturated rings. The van der Waals surface area contributed by atoms with Gasteiger partial charge in [-0.2, -0.15) is 4.31 Å². The molecule has 0 aliphatic carbocycles. The van der Waals surface area contributed by atoms with Crippen molar-refractivity contribution in [2.24, 2.45) is 0 Å². The zero-order chi connectivity index (χ0) is 17.2. The molecule has 1 aliphatic heterocycles. The van der Waals surface area contributed by atoms with Gasteiger partial charge in [-0.25, -0.2) is 17.2 Å². The molecule has 128 valence electrons. The maximum atomic E-state index is 13.8. The summed E-state index contributed by atoms with van der Waals surface area (Å²) in [4.78, 5) is 5.86. The third-order valence-corrected chi connectivity index (χ3v) is 5.89. The molecule has 1 aliphatic rings. The van der Waals surface area contributed by atoms with Crippen molar-refractivity contribution in [1.82, 2.24) is 14.2 Å². The normalized spacial score (nSPS) is 17.1. The van der Waals surface area contributed by atoms with E-state index in [0.29, 0.717) is 25.7 Å². The number of piperazine rings is 1. The summed E-state index contributed by atoms with van der Waals surface area (Å²) in [6, 6.07) is 8.17. The van der Waals surface area contributed by atoms with E-state index in [9.17, 15) is 17.2 Å². The van der Waals surface area contributed by atoms with Crippen LogP contribution < -0.4 is 0 Å². The first-order chi connectivity index (χ1) is 11.5. The Morgan fingerprint density at radius 3 is 2.42 bits per heavy atom. The molecule has 1 saturated heterocycles. The number of pyridine rings is 1. The molecule has 2 aromatic rings. The number of sulfonamides is 1. The zero-order valence-electron chi connectivity index (χ0n) is 12.9. The molecule has 0 saturated carbocycles. The lowest BCUT2D eigenvalue weighted by atomic mass is 10.3. The van der Waals surface area contributed by atoms with Crippen LogP contribution in [-0.2, 0) is 16.6 Å². The Morgan fingerprint density at radius 2 is 1.79 bits per heavy atom. The number of halogens is 2. The summed E-state index contributed by atoms with van der Waals surface area (Å²) in [5.41, 5.74) is 0.915. The third kappa shape index (κ3) is 3.61. The Kier molecular flexibility index (Phi) is 4.88. The van der Waals surface area contributed by atoms with E-state index < -0.39 is 26.6 Å². The summed E-state index contributed by atoms with van der Waals surface area (Å²) in [5.74, 6) is -1.86. The Labute approximate surface area is 139 Å². The molecule has 5 nitrogen and oxygen atoms in total. The van der Waals surface area contributed by atoms with Gasteiger partial charge >= 0.3 is 0 Å². The van der Waals surface area contributed by atoms with Crippen molar-refractivity contribution in [3.8, 4) is 0 Å². The highest BCUT2D eigenvalue weighted by molar-refractivity contribution is 7.89. The van der Waals surface area contributed by atoms with Gasteiger partial charge in [0.25, 0.3) is 0 Å². The Bertz CT molecular complexity index is 807. The summed E-state index contributed by atoms with van der Waals surface area (Å²) in [7, 11) is -3.96. The lowest BCUT2D eigenvalue weighted by molar-refractivity contribution is 0.179. The second-order valence-corrected chi connectivity index (χ2v) is 7.48. The van der Waals surface area contributed by atoms with Gasteiger partial charge in [-0.05, 0) is 24.3 Å². The number of hydrogen-bond acceptors (Lipinski definition) is 4. The van der Waals surface area contributed by atoms with Crippen LogP contribution in [0.2, 0.25) is 0 Å². The van der Waals surface area contributed by atoms with E-state index in [0.717, 1.165) is 17.8 Å². The fraction of sp³-hybridized carbons (Fsp3) is 0.312. The van der Waals surface area contributed by atoms with Gasteiger partial charge in [-0.1, -0.05) is 6.07 Å². The highest BCUT2D eigenvalue weighted by atomic mass is 32.2. The van der Waals surface area contributed by atoms with E-state index in [4.69, 9.17) is 0 Å². The molecule has 3 rings (SSSR count). The van der Waals surface area contributed by atoms with Crippen LogP contribution in [0.1, 0.15) is 5.69 Å². The van der Waals surface area contributed by atoms with Gasteiger partial charge in [-0.15, -0.1) is 0 Å². The molecule has 0 unspecified atom stereocenters. The molecule has 0 N–H and O–H groups in total. The van der Waals surface area contributed by atoms with E-state index >= 15 is 0 Å². The molecule has 1 aromatic heterocycles. The molecule has 0 amide bonds. The number of hydrogen-bond donors (Lipinski definition) is 0. The predicted molar refractivity (Wildman–Crippen MR) is 84.6 cm³/mol. The summed E-state index contributed by atoms with van der Waals surface area (Å²) >= 11 is 0. The van der Waals surface area contributed by atoms with Gasteiger partial charge in [0.05, 0.1) is 5.69 Å². The minimum absolute atomic E-state index is 0.256. The number of nitrogens with zero attached hydrogens (tertiary/aromatic N) is 3. The maximum Gasteiger partial charge on any atom is 0.246 e. The quantitative estimate of drug-likeness (QED) is 0.842. The standard InChI is InChI=1S/C16H17F2N3O2S/c17-13-4-5-16(15(18)11-13)24(22,23)21-9-7-20(8-10-21)12-14-3-1-2-6-19-14/h1-6,11H,7-10,12H2. The zero-order valence-corrected chi connectivity index (χ0v) is 13.7. The van der Waals surface area contributed by atoms with Crippen molar-refractivity contribution >= 4 is 10.0 Å². The lowest BCUT2D eigenvalue weighted by Gasteiger charge is -2.33. The first-order valence-electron chi connectivity index (χ1n) is 7.54. The van der Waals surface area contributed by atoms with Crippen LogP contribution in [0.4, 0.5) is 8.78 Å². The van der Waals surface area contributed by atoms with E-state index in [1.165, 1.54) is 4.31 Å². The van der Waals surface area contributed by atoms with Crippen LogP contribution in [0.5, 0.6) is 0 Å². The van der Waals surface area contributed by atoms with Gasteiger partial charge in [-0.3, -0.25) is 9.88 Å². The monoisotopic (exact) mass is 353 g/mol. The topological polar surface area (TPSA) is 53.5 Å². The highest BCUT2D eigenvalue weighted by Gasteiger charge is 2.30. The van der Waals surface area contributed by atoms with Gasteiger partial charge in [0, 0.05) is 45.0 Å². The van der Waals surface area contributed by atoms with Gasteiger partial charge in [0.15, 0.2) is 0 Å². The van der Waals surface area contributed by atoms with Gasteiger partial charge in [0.1, 0.15) is 16.5 Å². The molecular formula is C16H17F2N3O2S. The van der Waals surface area contributed by atoms with E-state index in [-0.39, 0.29) is 13.1 Å². The Morgan fingerprint density at radius 1 is 1.04 bits per heavy atom. The van der Waals surface area contributed by atoms with Crippen molar-refractivity contribution in [2.75, 3.05) is 26.2 Å². The molecule has 0 bridgehead atoms. The van der Waals surface area contributed by atoms with Crippen molar-refractivity contribution in [2.45, 2.75) is 11.4 Å². The molecule has 8 heteroatoms. The van der Waals surface area contributed by atoms with Crippen LogP contribution in [0, 0.1) is 11.6 Å². The van der Waals surface area contributed by atoms with Crippen molar-refractivity contribution in [1.29, 1.82) is 0 Å². The largest absolute Gasteiger partial charge is 0.295 e. The highest BCUT2D eigenvalue weighted by Crippen LogP contribution is 2.21. The molecule has 24 heavy (non-hydrogen) atoms. The summed E-state index contributed by atoms with van der Waals surface area (Å²) in [5, 5.41) is 0. The maximum absolute atomic E-state index is 13.8. The number of benzene rings is 1. The SMILES string of the molecule is O=S(=O)(c1ccc(F)cc1F)N1CCN(Cc2ccccn2)CC1.